The molecule has 0 aliphatic heterocycles. The zero-order chi connectivity index (χ0) is 19.0. The number of aryl methyl sites for hydroxylation is 1. The Kier molecular flexibility index (Phi) is 3.92. The predicted molar refractivity (Wildman–Crippen MR) is 96.0 cm³/mol. The van der Waals surface area contributed by atoms with Gasteiger partial charge in [-0.2, -0.15) is 10.2 Å². The van der Waals surface area contributed by atoms with Gasteiger partial charge in [0.05, 0.1) is 17.4 Å². The maximum atomic E-state index is 12.5. The molecule has 0 aliphatic rings. The van der Waals surface area contributed by atoms with Crippen LogP contribution in [0.1, 0.15) is 27.9 Å². The molecule has 10 heteroatoms. The summed E-state index contributed by atoms with van der Waals surface area (Å²) in [4.78, 5) is 28.2. The molecule has 10 nitrogen and oxygen atoms in total. The first-order valence-electron chi connectivity index (χ1n) is 8.12. The molecule has 4 rings (SSSR count). The zero-order valence-electron chi connectivity index (χ0n) is 14.3. The Morgan fingerprint density at radius 1 is 1.37 bits per heavy atom. The number of rotatable bonds is 5. The highest BCUT2D eigenvalue weighted by Gasteiger charge is 2.19. The van der Waals surface area contributed by atoms with E-state index in [1.54, 1.807) is 6.20 Å². The van der Waals surface area contributed by atoms with Gasteiger partial charge in [0.2, 0.25) is 5.89 Å². The van der Waals surface area contributed by atoms with E-state index in [0.29, 0.717) is 18.0 Å². The lowest BCUT2D eigenvalue weighted by atomic mass is 10.1. The molecule has 3 aromatic heterocycles. The molecule has 0 bridgehead atoms. The highest BCUT2D eigenvalue weighted by molar-refractivity contribution is 6.07. The van der Waals surface area contributed by atoms with E-state index in [9.17, 15) is 9.59 Å². The minimum Gasteiger partial charge on any atom is -0.444 e. The number of nitrogens with one attached hydrogen (secondary N) is 2. The minimum absolute atomic E-state index is 0.0145. The van der Waals surface area contributed by atoms with Gasteiger partial charge in [-0.1, -0.05) is 0 Å². The van der Waals surface area contributed by atoms with Crippen molar-refractivity contribution in [2.24, 2.45) is 5.73 Å². The second-order valence-electron chi connectivity index (χ2n) is 5.78. The number of H-pyrrole nitrogens is 1. The SMILES string of the molecule is CCn1cc(NC(=O)c2coc(-c3ccc4[nH]ncc4c3)n2)c(C(N)=O)n1. The number of amides is 2. The number of benzene rings is 1. The van der Waals surface area contributed by atoms with E-state index in [2.05, 4.69) is 25.6 Å². The molecule has 0 saturated carbocycles. The van der Waals surface area contributed by atoms with Crippen LogP contribution in [0, 0.1) is 0 Å². The highest BCUT2D eigenvalue weighted by Crippen LogP contribution is 2.23. The first kappa shape index (κ1) is 16.5. The Hall–Kier alpha value is -3.95. The van der Waals surface area contributed by atoms with Crippen molar-refractivity contribution >= 4 is 28.4 Å². The van der Waals surface area contributed by atoms with Gasteiger partial charge in [-0.05, 0) is 25.1 Å². The number of fused-ring (bicyclic) bond motifs is 1. The molecule has 0 unspecified atom stereocenters. The molecular weight excluding hydrogens is 350 g/mol. The first-order chi connectivity index (χ1) is 13.0. The lowest BCUT2D eigenvalue weighted by Gasteiger charge is -2.00. The lowest BCUT2D eigenvalue weighted by molar-refractivity contribution is 0.0995. The Labute approximate surface area is 152 Å². The summed E-state index contributed by atoms with van der Waals surface area (Å²) in [5, 5.41) is 14.3. The van der Waals surface area contributed by atoms with Crippen LogP contribution in [0.5, 0.6) is 0 Å². The molecule has 3 heterocycles. The molecule has 136 valence electrons. The third-order valence-electron chi connectivity index (χ3n) is 3.99. The van der Waals surface area contributed by atoms with E-state index in [1.807, 2.05) is 25.1 Å². The van der Waals surface area contributed by atoms with Crippen molar-refractivity contribution in [2.45, 2.75) is 13.5 Å². The third kappa shape index (κ3) is 3.03. The number of oxazole rings is 1. The van der Waals surface area contributed by atoms with Gasteiger partial charge in [0.1, 0.15) is 6.26 Å². The Balaban J connectivity index is 1.59. The van der Waals surface area contributed by atoms with E-state index in [-0.39, 0.29) is 17.1 Å². The van der Waals surface area contributed by atoms with Crippen molar-refractivity contribution in [1.82, 2.24) is 25.0 Å². The molecular formula is C17H15N7O3. The molecule has 0 fully saturated rings. The standard InChI is InChI=1S/C17H15N7O3/c1-2-24-7-12(14(23-24)15(18)25)20-16(26)13-8-27-17(21-13)9-3-4-11-10(5-9)6-19-22-11/h3-8H,2H2,1H3,(H2,18,25)(H,19,22)(H,20,26). The minimum atomic E-state index is -0.730. The van der Waals surface area contributed by atoms with E-state index in [4.69, 9.17) is 10.2 Å². The lowest BCUT2D eigenvalue weighted by Crippen LogP contribution is -2.18. The van der Waals surface area contributed by atoms with Crippen LogP contribution in [0.3, 0.4) is 0 Å². The van der Waals surface area contributed by atoms with Crippen LogP contribution in [-0.2, 0) is 6.54 Å². The van der Waals surface area contributed by atoms with E-state index in [1.165, 1.54) is 17.1 Å². The van der Waals surface area contributed by atoms with Crippen LogP contribution in [0.25, 0.3) is 22.4 Å². The summed E-state index contributed by atoms with van der Waals surface area (Å²) in [7, 11) is 0. The zero-order valence-corrected chi connectivity index (χ0v) is 14.3. The fourth-order valence-electron chi connectivity index (χ4n) is 2.63. The van der Waals surface area contributed by atoms with Gasteiger partial charge < -0.3 is 15.5 Å². The van der Waals surface area contributed by atoms with E-state index in [0.717, 1.165) is 10.9 Å². The van der Waals surface area contributed by atoms with Gasteiger partial charge in [-0.25, -0.2) is 4.98 Å². The van der Waals surface area contributed by atoms with Crippen molar-refractivity contribution in [3.8, 4) is 11.5 Å². The van der Waals surface area contributed by atoms with Crippen molar-refractivity contribution in [3.05, 3.63) is 48.2 Å². The topological polar surface area (TPSA) is 145 Å². The molecule has 0 saturated heterocycles. The average molecular weight is 365 g/mol. The molecule has 0 aliphatic carbocycles. The summed E-state index contributed by atoms with van der Waals surface area (Å²) in [6.07, 6.45) is 4.47. The van der Waals surface area contributed by atoms with Crippen LogP contribution >= 0.6 is 0 Å². The molecule has 0 atom stereocenters. The number of carbonyl (C=O) groups is 2. The Morgan fingerprint density at radius 3 is 3.00 bits per heavy atom. The number of aromatic amines is 1. The summed E-state index contributed by atoms with van der Waals surface area (Å²) in [5.41, 5.74) is 7.17. The number of primary amides is 1. The molecule has 4 aromatic rings. The summed E-state index contributed by atoms with van der Waals surface area (Å²) in [5.74, 6) is -0.970. The van der Waals surface area contributed by atoms with E-state index >= 15 is 0 Å². The van der Waals surface area contributed by atoms with E-state index < -0.39 is 11.8 Å². The molecule has 27 heavy (non-hydrogen) atoms. The fourth-order valence-corrected chi connectivity index (χ4v) is 2.63. The number of nitrogens with zero attached hydrogens (tertiary/aromatic N) is 4. The molecule has 0 spiro atoms. The summed E-state index contributed by atoms with van der Waals surface area (Å²) >= 11 is 0. The second-order valence-corrected chi connectivity index (χ2v) is 5.78. The van der Waals surface area contributed by atoms with Crippen LogP contribution in [0.2, 0.25) is 0 Å². The van der Waals surface area contributed by atoms with Crippen molar-refractivity contribution in [3.63, 3.8) is 0 Å². The molecule has 2 amide bonds. The van der Waals surface area contributed by atoms with Gasteiger partial charge in [0.15, 0.2) is 11.4 Å². The number of hydrogen-bond acceptors (Lipinski definition) is 6. The van der Waals surface area contributed by atoms with Gasteiger partial charge in [-0.15, -0.1) is 0 Å². The quantitative estimate of drug-likeness (QED) is 0.491. The van der Waals surface area contributed by atoms with Crippen molar-refractivity contribution in [2.75, 3.05) is 5.32 Å². The van der Waals surface area contributed by atoms with Crippen LogP contribution in [0.4, 0.5) is 5.69 Å². The maximum Gasteiger partial charge on any atom is 0.277 e. The van der Waals surface area contributed by atoms with Crippen LogP contribution < -0.4 is 11.1 Å². The highest BCUT2D eigenvalue weighted by atomic mass is 16.3. The average Bonchev–Trinajstić information content (AvgIpc) is 3.39. The molecule has 0 radical (unpaired) electrons. The fraction of sp³-hybridized carbons (Fsp3) is 0.118. The number of hydrogen-bond donors (Lipinski definition) is 3. The third-order valence-corrected chi connectivity index (χ3v) is 3.99. The number of aromatic nitrogens is 5. The van der Waals surface area contributed by atoms with Crippen molar-refractivity contribution in [1.29, 1.82) is 0 Å². The van der Waals surface area contributed by atoms with Crippen LogP contribution in [-0.4, -0.2) is 36.8 Å². The normalized spacial score (nSPS) is 11.0. The Morgan fingerprint density at radius 2 is 2.22 bits per heavy atom. The summed E-state index contributed by atoms with van der Waals surface area (Å²) in [6, 6.07) is 5.51. The smallest absolute Gasteiger partial charge is 0.277 e. The molecule has 1 aromatic carbocycles. The van der Waals surface area contributed by atoms with Gasteiger partial charge >= 0.3 is 0 Å². The number of nitrogens with two attached hydrogens (primary N) is 1. The number of anilines is 1. The van der Waals surface area contributed by atoms with Gasteiger partial charge in [-0.3, -0.25) is 19.4 Å². The van der Waals surface area contributed by atoms with Gasteiger partial charge in [0, 0.05) is 23.7 Å². The summed E-state index contributed by atoms with van der Waals surface area (Å²) < 4.78 is 6.93. The predicted octanol–water partition coefficient (Wildman–Crippen LogP) is 1.79. The summed E-state index contributed by atoms with van der Waals surface area (Å²) in [6.45, 7) is 2.38. The van der Waals surface area contributed by atoms with Crippen LogP contribution in [0.15, 0.2) is 41.3 Å². The monoisotopic (exact) mass is 365 g/mol. The van der Waals surface area contributed by atoms with Gasteiger partial charge in [0.25, 0.3) is 11.8 Å². The largest absolute Gasteiger partial charge is 0.444 e. The second kappa shape index (κ2) is 6.41. The van der Waals surface area contributed by atoms with Crippen molar-refractivity contribution < 1.29 is 14.0 Å². The first-order valence-corrected chi connectivity index (χ1v) is 8.12. The molecule has 4 N–H and O–H groups in total. The maximum absolute atomic E-state index is 12.5. The Bertz CT molecular complexity index is 1150. The number of carbonyl (C=O) groups excluding carboxylic acids is 2.